The first-order chi connectivity index (χ1) is 13.3. The largest absolute Gasteiger partial charge is 1.00 e. The molecule has 0 aromatic heterocycles. The van der Waals surface area contributed by atoms with Crippen molar-refractivity contribution in [2.75, 3.05) is 0 Å². The molecule has 2 amide bonds. The van der Waals surface area contributed by atoms with Gasteiger partial charge in [0, 0.05) is 10.3 Å². The Hall–Kier alpha value is -1.80. The molecule has 2 aliphatic rings. The summed E-state index contributed by atoms with van der Waals surface area (Å²) >= 11 is 1.37. The molecule has 0 aliphatic carbocycles. The third-order valence-corrected chi connectivity index (χ3v) is 6.78. The number of aliphatic carboxylic acids is 1. The maximum absolute atomic E-state index is 12.9. The summed E-state index contributed by atoms with van der Waals surface area (Å²) in [5.41, 5.74) is 2.15. The summed E-state index contributed by atoms with van der Waals surface area (Å²) < 4.78 is -0.680. The molecule has 2 fully saturated rings. The minimum absolute atomic E-state index is 0. The number of thioether (sulfide) groups is 1. The summed E-state index contributed by atoms with van der Waals surface area (Å²) in [4.78, 5) is 38.3. The zero-order valence-electron chi connectivity index (χ0n) is 16.4. The Morgan fingerprint density at radius 1 is 1.07 bits per heavy atom. The second-order valence-electron chi connectivity index (χ2n) is 7.44. The summed E-state index contributed by atoms with van der Waals surface area (Å²) in [7, 11) is 0. The van der Waals surface area contributed by atoms with Crippen molar-refractivity contribution in [3.05, 3.63) is 60.2 Å². The van der Waals surface area contributed by atoms with Crippen LogP contribution in [0.3, 0.4) is 0 Å². The minimum atomic E-state index is -1.27. The Bertz CT molecular complexity index is 966. The number of carboxylic acid groups (broad SMARTS) is 1. The Kier molecular flexibility index (Phi) is 6.15. The molecule has 2 aliphatic heterocycles. The molecule has 3 unspecified atom stereocenters. The molecule has 2 aromatic carbocycles. The van der Waals surface area contributed by atoms with Gasteiger partial charge in [-0.15, -0.1) is 11.8 Å². The van der Waals surface area contributed by atoms with E-state index in [0.717, 1.165) is 11.1 Å². The van der Waals surface area contributed by atoms with E-state index >= 15 is 0 Å². The van der Waals surface area contributed by atoms with Crippen LogP contribution in [0.2, 0.25) is 0 Å². The van der Waals surface area contributed by atoms with Crippen LogP contribution < -0.4 is 40.0 Å². The SMILES string of the molecule is CC1(C)SC2C(NC(=O)c3ccccc3-c3ccccc3)C(=O)N2C1C(=O)[O-].[Na+]. The topological polar surface area (TPSA) is 89.5 Å². The molecular weight excluding hydrogens is 399 g/mol. The number of rotatable bonds is 4. The first kappa shape index (κ1) is 21.9. The Morgan fingerprint density at radius 3 is 2.34 bits per heavy atom. The van der Waals surface area contributed by atoms with Crippen molar-refractivity contribution in [2.45, 2.75) is 36.1 Å². The number of carboxylic acids is 1. The van der Waals surface area contributed by atoms with Gasteiger partial charge in [0.2, 0.25) is 5.91 Å². The fourth-order valence-electron chi connectivity index (χ4n) is 3.90. The van der Waals surface area contributed by atoms with Gasteiger partial charge >= 0.3 is 29.6 Å². The van der Waals surface area contributed by atoms with Gasteiger partial charge in [0.25, 0.3) is 5.91 Å². The van der Waals surface area contributed by atoms with Gasteiger partial charge in [-0.25, -0.2) is 0 Å². The average molecular weight is 418 g/mol. The summed E-state index contributed by atoms with van der Waals surface area (Å²) in [6, 6.07) is 15.0. The third kappa shape index (κ3) is 3.72. The summed E-state index contributed by atoms with van der Waals surface area (Å²) in [5.74, 6) is -2.01. The molecule has 3 atom stereocenters. The van der Waals surface area contributed by atoms with Gasteiger partial charge in [-0.1, -0.05) is 48.5 Å². The van der Waals surface area contributed by atoms with Crippen LogP contribution in [-0.4, -0.2) is 44.9 Å². The Balaban J connectivity index is 0.00000240. The van der Waals surface area contributed by atoms with Crippen molar-refractivity contribution in [2.24, 2.45) is 0 Å². The molecule has 2 aromatic rings. The van der Waals surface area contributed by atoms with Crippen molar-refractivity contribution < 1.29 is 49.0 Å². The standard InChI is InChI=1S/C21H20N2O4S.Na/c1-21(2)16(20(26)27)23-18(25)15(19(23)28-21)22-17(24)14-11-7-6-10-13(14)12-8-4-3-5-9-12;/h3-11,15-16,19H,1-2H3,(H,22,24)(H,26,27);/q;+1/p-1. The molecule has 6 nitrogen and oxygen atoms in total. The number of hydrogen-bond donors (Lipinski definition) is 1. The predicted octanol–water partition coefficient (Wildman–Crippen LogP) is -1.73. The summed E-state index contributed by atoms with van der Waals surface area (Å²) in [5, 5.41) is 13.9. The third-order valence-electron chi connectivity index (χ3n) is 5.21. The monoisotopic (exact) mass is 418 g/mol. The van der Waals surface area contributed by atoms with E-state index in [2.05, 4.69) is 5.32 Å². The molecule has 2 heterocycles. The van der Waals surface area contributed by atoms with Gasteiger partial charge < -0.3 is 20.1 Å². The minimum Gasteiger partial charge on any atom is -0.548 e. The maximum Gasteiger partial charge on any atom is 1.00 e. The van der Waals surface area contributed by atoms with Crippen LogP contribution in [0.5, 0.6) is 0 Å². The van der Waals surface area contributed by atoms with E-state index in [1.807, 2.05) is 42.5 Å². The average Bonchev–Trinajstić information content (AvgIpc) is 2.94. The molecule has 0 radical (unpaired) electrons. The predicted molar refractivity (Wildman–Crippen MR) is 104 cm³/mol. The van der Waals surface area contributed by atoms with Crippen molar-refractivity contribution >= 4 is 29.5 Å². The number of amides is 2. The van der Waals surface area contributed by atoms with E-state index in [-0.39, 0.29) is 41.4 Å². The fraction of sp³-hybridized carbons (Fsp3) is 0.286. The Labute approximate surface area is 195 Å². The van der Waals surface area contributed by atoms with Gasteiger partial charge in [-0.3, -0.25) is 9.59 Å². The summed E-state index contributed by atoms with van der Waals surface area (Å²) in [6.07, 6.45) is 0. The zero-order valence-corrected chi connectivity index (χ0v) is 19.2. The van der Waals surface area contributed by atoms with Crippen molar-refractivity contribution in [1.82, 2.24) is 10.2 Å². The van der Waals surface area contributed by atoms with Crippen molar-refractivity contribution in [1.29, 1.82) is 0 Å². The Morgan fingerprint density at radius 2 is 1.69 bits per heavy atom. The quantitative estimate of drug-likeness (QED) is 0.471. The number of carbonyl (C=O) groups excluding carboxylic acids is 3. The molecule has 1 N–H and O–H groups in total. The van der Waals surface area contributed by atoms with Crippen LogP contribution in [0.4, 0.5) is 0 Å². The van der Waals surface area contributed by atoms with Gasteiger partial charge in [0.1, 0.15) is 11.4 Å². The van der Waals surface area contributed by atoms with Crippen molar-refractivity contribution in [3.63, 3.8) is 0 Å². The van der Waals surface area contributed by atoms with Crippen molar-refractivity contribution in [3.8, 4) is 11.1 Å². The molecule has 0 saturated carbocycles. The number of hydrogen-bond acceptors (Lipinski definition) is 5. The van der Waals surface area contributed by atoms with Gasteiger partial charge in [0.15, 0.2) is 0 Å². The molecule has 4 rings (SSSR count). The van der Waals surface area contributed by atoms with E-state index in [1.165, 1.54) is 16.7 Å². The fourth-order valence-corrected chi connectivity index (χ4v) is 5.52. The number of nitrogens with one attached hydrogen (secondary N) is 1. The van der Waals surface area contributed by atoms with E-state index in [0.29, 0.717) is 5.56 Å². The van der Waals surface area contributed by atoms with E-state index in [1.54, 1.807) is 26.0 Å². The molecule has 0 spiro atoms. The molecular formula is C21H19N2NaO4S. The number of nitrogens with zero attached hydrogens (tertiary/aromatic N) is 1. The van der Waals surface area contributed by atoms with Gasteiger partial charge in [-0.05, 0) is 31.0 Å². The number of β-lactam (4-membered cyclic amide) rings is 1. The number of fused-ring (bicyclic) bond motifs is 1. The smallest absolute Gasteiger partial charge is 0.548 e. The van der Waals surface area contributed by atoms with Crippen LogP contribution in [-0.2, 0) is 9.59 Å². The van der Waals surface area contributed by atoms with Gasteiger partial charge in [0.05, 0.1) is 12.0 Å². The number of benzene rings is 2. The van der Waals surface area contributed by atoms with E-state index < -0.39 is 28.2 Å². The molecule has 2 saturated heterocycles. The van der Waals surface area contributed by atoms with Crippen LogP contribution in [0, 0.1) is 0 Å². The number of carbonyl (C=O) groups is 3. The zero-order chi connectivity index (χ0) is 20.1. The van der Waals surface area contributed by atoms with Gasteiger partial charge in [-0.2, -0.15) is 0 Å². The maximum atomic E-state index is 12.9. The van der Waals surface area contributed by atoms with Crippen LogP contribution >= 0.6 is 11.8 Å². The van der Waals surface area contributed by atoms with Crippen LogP contribution in [0.15, 0.2) is 54.6 Å². The first-order valence-corrected chi connectivity index (χ1v) is 9.85. The molecule has 8 heteroatoms. The second-order valence-corrected chi connectivity index (χ2v) is 9.21. The molecule has 144 valence electrons. The van der Waals surface area contributed by atoms with Crippen LogP contribution in [0.1, 0.15) is 24.2 Å². The van der Waals surface area contributed by atoms with Crippen LogP contribution in [0.25, 0.3) is 11.1 Å². The van der Waals surface area contributed by atoms with E-state index in [9.17, 15) is 19.5 Å². The molecule has 29 heavy (non-hydrogen) atoms. The summed E-state index contributed by atoms with van der Waals surface area (Å²) in [6.45, 7) is 3.54. The molecule has 0 bridgehead atoms. The first-order valence-electron chi connectivity index (χ1n) is 8.97. The van der Waals surface area contributed by atoms with E-state index in [4.69, 9.17) is 0 Å². The second kappa shape index (κ2) is 8.14. The normalized spacial score (nSPS) is 24.1.